The summed E-state index contributed by atoms with van der Waals surface area (Å²) >= 11 is 11.3. The van der Waals surface area contributed by atoms with Crippen LogP contribution < -0.4 is 0 Å². The van der Waals surface area contributed by atoms with Crippen molar-refractivity contribution in [2.75, 3.05) is 0 Å². The van der Waals surface area contributed by atoms with Gasteiger partial charge in [0, 0.05) is 12.4 Å². The molecule has 0 fully saturated rings. The molecule has 3 aromatic rings. The maximum atomic E-state index is 5.95. The predicted octanol–water partition coefficient (Wildman–Crippen LogP) is 3.75. The lowest BCUT2D eigenvalue weighted by Gasteiger charge is -2.07. The number of nitrogens with zero attached hydrogens (tertiary/aromatic N) is 3. The fourth-order valence-electron chi connectivity index (χ4n) is 2.25. The number of rotatable bonds is 3. The van der Waals surface area contributed by atoms with E-state index in [0.717, 1.165) is 23.3 Å². The summed E-state index contributed by atoms with van der Waals surface area (Å²) in [6.45, 7) is 2.73. The SMILES string of the molecule is CCc1cccnc1Cn1c(=S)[nH]c2cc(Cl)cnc21. The van der Waals surface area contributed by atoms with Crippen LogP contribution in [-0.4, -0.2) is 19.5 Å². The summed E-state index contributed by atoms with van der Waals surface area (Å²) < 4.78 is 2.57. The molecule has 0 atom stereocenters. The molecule has 1 N–H and O–H groups in total. The first kappa shape index (κ1) is 13.3. The van der Waals surface area contributed by atoms with Crippen molar-refractivity contribution < 1.29 is 0 Å². The first-order valence-corrected chi connectivity index (χ1v) is 7.14. The fourth-order valence-corrected chi connectivity index (χ4v) is 2.67. The van der Waals surface area contributed by atoms with Gasteiger partial charge in [-0.05, 0) is 36.3 Å². The molecule has 0 bridgehead atoms. The number of fused-ring (bicyclic) bond motifs is 1. The average Bonchev–Trinajstić information content (AvgIpc) is 2.75. The van der Waals surface area contributed by atoms with E-state index in [-0.39, 0.29) is 0 Å². The highest BCUT2D eigenvalue weighted by molar-refractivity contribution is 7.71. The van der Waals surface area contributed by atoms with Gasteiger partial charge in [0.2, 0.25) is 0 Å². The molecule has 4 nitrogen and oxygen atoms in total. The van der Waals surface area contributed by atoms with Gasteiger partial charge in [-0.2, -0.15) is 0 Å². The van der Waals surface area contributed by atoms with Gasteiger partial charge in [-0.1, -0.05) is 24.6 Å². The normalized spacial score (nSPS) is 11.1. The van der Waals surface area contributed by atoms with Gasteiger partial charge in [-0.25, -0.2) is 4.98 Å². The summed E-state index contributed by atoms with van der Waals surface area (Å²) in [5.41, 5.74) is 3.88. The number of aryl methyl sites for hydroxylation is 1. The van der Waals surface area contributed by atoms with E-state index in [0.29, 0.717) is 16.3 Å². The average molecular weight is 305 g/mol. The Morgan fingerprint density at radius 2 is 2.25 bits per heavy atom. The van der Waals surface area contributed by atoms with Gasteiger partial charge in [0.05, 0.1) is 22.8 Å². The maximum Gasteiger partial charge on any atom is 0.179 e. The number of aromatic nitrogens is 4. The predicted molar refractivity (Wildman–Crippen MR) is 82.6 cm³/mol. The quantitative estimate of drug-likeness (QED) is 0.750. The van der Waals surface area contributed by atoms with Gasteiger partial charge in [-0.3, -0.25) is 9.55 Å². The molecule has 0 radical (unpaired) electrons. The van der Waals surface area contributed by atoms with E-state index in [1.54, 1.807) is 12.4 Å². The summed E-state index contributed by atoms with van der Waals surface area (Å²) in [7, 11) is 0. The molecule has 0 unspecified atom stereocenters. The minimum atomic E-state index is 0.591. The number of H-pyrrole nitrogens is 1. The molecular formula is C14H13ClN4S. The molecule has 0 spiro atoms. The lowest BCUT2D eigenvalue weighted by molar-refractivity contribution is 0.764. The molecule has 20 heavy (non-hydrogen) atoms. The monoisotopic (exact) mass is 304 g/mol. The Morgan fingerprint density at radius 3 is 3.05 bits per heavy atom. The Labute approximate surface area is 126 Å². The number of aromatic amines is 1. The van der Waals surface area contributed by atoms with Crippen LogP contribution in [0, 0.1) is 4.77 Å². The molecule has 6 heteroatoms. The van der Waals surface area contributed by atoms with Crippen molar-refractivity contribution in [3.8, 4) is 0 Å². The third-order valence-electron chi connectivity index (χ3n) is 3.25. The minimum absolute atomic E-state index is 0.591. The lowest BCUT2D eigenvalue weighted by atomic mass is 10.1. The number of hydrogen-bond donors (Lipinski definition) is 1. The smallest absolute Gasteiger partial charge is 0.179 e. The third-order valence-corrected chi connectivity index (χ3v) is 3.78. The van der Waals surface area contributed by atoms with E-state index in [4.69, 9.17) is 23.8 Å². The van der Waals surface area contributed by atoms with Crippen molar-refractivity contribution in [1.29, 1.82) is 0 Å². The highest BCUT2D eigenvalue weighted by Crippen LogP contribution is 2.18. The van der Waals surface area contributed by atoms with Crippen LogP contribution in [-0.2, 0) is 13.0 Å². The van der Waals surface area contributed by atoms with Crippen LogP contribution in [0.15, 0.2) is 30.6 Å². The minimum Gasteiger partial charge on any atom is -0.329 e. The molecule has 3 aromatic heterocycles. The summed E-state index contributed by atoms with van der Waals surface area (Å²) in [4.78, 5) is 11.9. The number of pyridine rings is 2. The van der Waals surface area contributed by atoms with Gasteiger partial charge in [-0.15, -0.1) is 0 Å². The number of hydrogen-bond acceptors (Lipinski definition) is 3. The highest BCUT2D eigenvalue weighted by Gasteiger charge is 2.09. The Kier molecular flexibility index (Phi) is 3.54. The van der Waals surface area contributed by atoms with Crippen molar-refractivity contribution in [2.45, 2.75) is 19.9 Å². The van der Waals surface area contributed by atoms with Crippen molar-refractivity contribution in [1.82, 2.24) is 19.5 Å². The van der Waals surface area contributed by atoms with E-state index in [1.165, 1.54) is 5.56 Å². The van der Waals surface area contributed by atoms with E-state index in [1.807, 2.05) is 16.7 Å². The van der Waals surface area contributed by atoms with Gasteiger partial charge < -0.3 is 4.98 Å². The van der Waals surface area contributed by atoms with E-state index < -0.39 is 0 Å². The van der Waals surface area contributed by atoms with Crippen molar-refractivity contribution >= 4 is 35.0 Å². The molecule has 0 aliphatic rings. The summed E-state index contributed by atoms with van der Waals surface area (Å²) in [5.74, 6) is 0. The number of nitrogens with one attached hydrogen (secondary N) is 1. The van der Waals surface area contributed by atoms with Crippen LogP contribution in [0.5, 0.6) is 0 Å². The maximum absolute atomic E-state index is 5.95. The Balaban J connectivity index is 2.11. The molecular weight excluding hydrogens is 292 g/mol. The van der Waals surface area contributed by atoms with Gasteiger partial charge in [0.1, 0.15) is 0 Å². The third kappa shape index (κ3) is 2.34. The molecule has 3 heterocycles. The Bertz CT molecular complexity index is 821. The molecule has 3 rings (SSSR count). The Hall–Kier alpha value is -1.72. The Morgan fingerprint density at radius 1 is 1.40 bits per heavy atom. The molecule has 0 saturated carbocycles. The van der Waals surface area contributed by atoms with Crippen LogP contribution in [0.4, 0.5) is 0 Å². The van der Waals surface area contributed by atoms with Crippen molar-refractivity contribution in [3.63, 3.8) is 0 Å². The second kappa shape index (κ2) is 5.34. The zero-order valence-electron chi connectivity index (χ0n) is 10.9. The van der Waals surface area contributed by atoms with Crippen molar-refractivity contribution in [2.24, 2.45) is 0 Å². The second-order valence-electron chi connectivity index (χ2n) is 4.50. The van der Waals surface area contributed by atoms with Crippen LogP contribution in [0.3, 0.4) is 0 Å². The fraction of sp³-hybridized carbons (Fsp3) is 0.214. The zero-order chi connectivity index (χ0) is 14.1. The van der Waals surface area contributed by atoms with Crippen molar-refractivity contribution in [3.05, 3.63) is 51.6 Å². The molecule has 0 saturated heterocycles. The van der Waals surface area contributed by atoms with Gasteiger partial charge in [0.15, 0.2) is 10.4 Å². The van der Waals surface area contributed by atoms with Crippen LogP contribution in [0.25, 0.3) is 11.2 Å². The van der Waals surface area contributed by atoms with E-state index >= 15 is 0 Å². The molecule has 102 valence electrons. The van der Waals surface area contributed by atoms with Gasteiger partial charge in [0.25, 0.3) is 0 Å². The standard InChI is InChI=1S/C14H13ClN4S/c1-2-9-4-3-5-16-12(9)8-19-13-11(18-14(19)20)6-10(15)7-17-13/h3-7H,2,8H2,1H3,(H,18,20). The largest absolute Gasteiger partial charge is 0.329 e. The van der Waals surface area contributed by atoms with Gasteiger partial charge >= 0.3 is 0 Å². The first-order chi connectivity index (χ1) is 9.69. The highest BCUT2D eigenvalue weighted by atomic mass is 35.5. The lowest BCUT2D eigenvalue weighted by Crippen LogP contribution is -2.05. The first-order valence-electron chi connectivity index (χ1n) is 6.36. The molecule has 0 amide bonds. The van der Waals surface area contributed by atoms with E-state index in [2.05, 4.69) is 27.9 Å². The molecule has 0 aliphatic carbocycles. The zero-order valence-corrected chi connectivity index (χ0v) is 12.5. The summed E-state index contributed by atoms with van der Waals surface area (Å²) in [5, 5.41) is 0.591. The molecule has 0 aliphatic heterocycles. The number of halogens is 1. The van der Waals surface area contributed by atoms with Crippen LogP contribution in [0.1, 0.15) is 18.2 Å². The van der Waals surface area contributed by atoms with Crippen LogP contribution in [0.2, 0.25) is 5.02 Å². The van der Waals surface area contributed by atoms with Crippen LogP contribution >= 0.6 is 23.8 Å². The summed E-state index contributed by atoms with van der Waals surface area (Å²) in [6.07, 6.45) is 4.37. The topological polar surface area (TPSA) is 46.5 Å². The second-order valence-corrected chi connectivity index (χ2v) is 5.33. The molecule has 0 aromatic carbocycles. The number of imidazole rings is 1. The summed E-state index contributed by atoms with van der Waals surface area (Å²) in [6, 6.07) is 5.87. The van der Waals surface area contributed by atoms with E-state index in [9.17, 15) is 0 Å².